The topological polar surface area (TPSA) is 69.0 Å². The van der Waals surface area contributed by atoms with E-state index >= 15 is 0 Å². The number of aromatic nitrogens is 2. The zero-order valence-electron chi connectivity index (χ0n) is 20.5. The van der Waals surface area contributed by atoms with Gasteiger partial charge in [-0.15, -0.1) is 0 Å². The summed E-state index contributed by atoms with van der Waals surface area (Å²) in [6, 6.07) is 13.6. The number of β-amino-alcohol motifs (C(OH)–C–C–N with tert-alkyl or cyclic N) is 1. The van der Waals surface area contributed by atoms with Gasteiger partial charge in [-0.1, -0.05) is 23.7 Å². The van der Waals surface area contributed by atoms with Crippen LogP contribution >= 0.6 is 11.6 Å². The van der Waals surface area contributed by atoms with Crippen molar-refractivity contribution in [3.63, 3.8) is 0 Å². The molecule has 1 fully saturated rings. The highest BCUT2D eigenvalue weighted by molar-refractivity contribution is 6.32. The Morgan fingerprint density at radius 2 is 2.00 bits per heavy atom. The maximum absolute atomic E-state index is 11.2. The van der Waals surface area contributed by atoms with Gasteiger partial charge >= 0.3 is 0 Å². The predicted octanol–water partition coefficient (Wildman–Crippen LogP) is 4.73. The van der Waals surface area contributed by atoms with Crippen LogP contribution in [0.3, 0.4) is 0 Å². The van der Waals surface area contributed by atoms with Crippen LogP contribution in [0.2, 0.25) is 5.02 Å². The Morgan fingerprint density at radius 3 is 2.80 bits per heavy atom. The number of aryl methyl sites for hydroxylation is 2. The number of piperidine rings is 1. The van der Waals surface area contributed by atoms with Crippen LogP contribution in [0.4, 0.5) is 0 Å². The summed E-state index contributed by atoms with van der Waals surface area (Å²) >= 11 is 6.26. The molecular formula is C27H34ClN3O4. The summed E-state index contributed by atoms with van der Waals surface area (Å²) in [4.78, 5) is 2.25. The molecule has 0 aliphatic carbocycles. The molecule has 7 nitrogen and oxygen atoms in total. The van der Waals surface area contributed by atoms with Gasteiger partial charge in [-0.05, 0) is 67.8 Å². The lowest BCUT2D eigenvalue weighted by Crippen LogP contribution is -2.51. The third-order valence-corrected chi connectivity index (χ3v) is 6.51. The number of hydrogen-bond acceptors (Lipinski definition) is 6. The summed E-state index contributed by atoms with van der Waals surface area (Å²) in [5.41, 5.74) is 1.26. The molecule has 3 aromatic rings. The molecule has 1 aliphatic heterocycles. The molecular weight excluding hydrogens is 466 g/mol. The number of hydrogen-bond donors (Lipinski definition) is 1. The molecule has 188 valence electrons. The number of methoxy groups -OCH3 is 1. The molecule has 35 heavy (non-hydrogen) atoms. The van der Waals surface area contributed by atoms with Crippen molar-refractivity contribution in [3.8, 4) is 17.2 Å². The second-order valence-corrected chi connectivity index (χ2v) is 9.62. The van der Waals surface area contributed by atoms with Gasteiger partial charge in [0.15, 0.2) is 11.5 Å². The molecule has 0 unspecified atom stereocenters. The second-order valence-electron chi connectivity index (χ2n) is 9.22. The van der Waals surface area contributed by atoms with Crippen molar-refractivity contribution in [2.75, 3.05) is 33.4 Å². The van der Waals surface area contributed by atoms with Gasteiger partial charge in [0.2, 0.25) is 0 Å². The minimum atomic E-state index is -0.924. The van der Waals surface area contributed by atoms with E-state index in [1.54, 1.807) is 13.3 Å². The Kier molecular flexibility index (Phi) is 8.55. The Bertz CT molecular complexity index is 1090. The number of ether oxygens (including phenoxy) is 3. The van der Waals surface area contributed by atoms with Gasteiger partial charge in [-0.2, -0.15) is 5.10 Å². The molecule has 4 rings (SSSR count). The van der Waals surface area contributed by atoms with Crippen LogP contribution in [0.25, 0.3) is 0 Å². The van der Waals surface area contributed by atoms with Crippen molar-refractivity contribution in [1.82, 2.24) is 14.7 Å². The van der Waals surface area contributed by atoms with Crippen molar-refractivity contribution in [1.29, 1.82) is 0 Å². The van der Waals surface area contributed by atoms with E-state index < -0.39 is 5.60 Å². The molecule has 1 N–H and O–H groups in total. The number of nitrogens with zero attached hydrogens (tertiary/aromatic N) is 3. The summed E-state index contributed by atoms with van der Waals surface area (Å²) in [7, 11) is 1.66. The molecule has 2 heterocycles. The molecule has 2 aromatic carbocycles. The third kappa shape index (κ3) is 7.13. The van der Waals surface area contributed by atoms with Crippen LogP contribution in [-0.2, 0) is 13.1 Å². The number of aliphatic hydroxyl groups is 1. The van der Waals surface area contributed by atoms with E-state index in [-0.39, 0.29) is 6.61 Å². The van der Waals surface area contributed by atoms with E-state index in [1.165, 1.54) is 0 Å². The van der Waals surface area contributed by atoms with Gasteiger partial charge in [0.25, 0.3) is 0 Å². The normalized spacial score (nSPS) is 18.4. The lowest BCUT2D eigenvalue weighted by Gasteiger charge is -2.39. The molecule has 1 atom stereocenters. The number of rotatable bonds is 11. The first-order valence-electron chi connectivity index (χ1n) is 12.0. The predicted molar refractivity (Wildman–Crippen MR) is 136 cm³/mol. The van der Waals surface area contributed by atoms with Crippen LogP contribution in [0.5, 0.6) is 17.2 Å². The van der Waals surface area contributed by atoms with Crippen LogP contribution in [0.1, 0.15) is 30.4 Å². The van der Waals surface area contributed by atoms with Crippen molar-refractivity contribution >= 4 is 11.6 Å². The fraction of sp³-hybridized carbons (Fsp3) is 0.444. The SMILES string of the molecule is COc1cc(CN2CCC[C@@](O)(COc3cc(C)ccc3Cl)C2)ccc1OCCCn1cccn1. The van der Waals surface area contributed by atoms with Crippen molar-refractivity contribution in [2.45, 2.75) is 44.9 Å². The number of halogens is 1. The summed E-state index contributed by atoms with van der Waals surface area (Å²) in [6.45, 7) is 5.76. The molecule has 0 saturated carbocycles. The van der Waals surface area contributed by atoms with E-state index in [1.807, 2.05) is 54.2 Å². The largest absolute Gasteiger partial charge is 0.493 e. The second kappa shape index (κ2) is 11.8. The molecule has 0 spiro atoms. The monoisotopic (exact) mass is 499 g/mol. The maximum Gasteiger partial charge on any atom is 0.161 e. The van der Waals surface area contributed by atoms with Crippen molar-refractivity contribution in [2.24, 2.45) is 0 Å². The summed E-state index contributed by atoms with van der Waals surface area (Å²) < 4.78 is 19.4. The van der Waals surface area contributed by atoms with Crippen LogP contribution < -0.4 is 14.2 Å². The molecule has 1 aliphatic rings. The Balaban J connectivity index is 1.30. The van der Waals surface area contributed by atoms with Gasteiger partial charge in [-0.25, -0.2) is 0 Å². The highest BCUT2D eigenvalue weighted by atomic mass is 35.5. The minimum Gasteiger partial charge on any atom is -0.493 e. The van der Waals surface area contributed by atoms with Crippen LogP contribution in [0, 0.1) is 6.92 Å². The van der Waals surface area contributed by atoms with E-state index in [2.05, 4.69) is 16.1 Å². The standard InChI is InChI=1S/C27H34ClN3O4/c1-21-6-8-23(28)25(16-21)35-20-27(32)10-3-12-30(19-27)18-22-7-9-24(26(17-22)33-2)34-15-5-14-31-13-4-11-29-31/h4,6-9,11,13,16-17,32H,3,5,10,12,14-15,18-20H2,1-2H3/t27-/m0/s1. The first-order chi connectivity index (χ1) is 16.9. The van der Waals surface area contributed by atoms with E-state index in [0.29, 0.717) is 42.6 Å². The highest BCUT2D eigenvalue weighted by Gasteiger charge is 2.34. The quantitative estimate of drug-likeness (QED) is 0.385. The third-order valence-electron chi connectivity index (χ3n) is 6.20. The Morgan fingerprint density at radius 1 is 1.11 bits per heavy atom. The van der Waals surface area contributed by atoms with Crippen molar-refractivity contribution in [3.05, 3.63) is 71.0 Å². The first-order valence-corrected chi connectivity index (χ1v) is 12.4. The van der Waals surface area contributed by atoms with E-state index in [4.69, 9.17) is 25.8 Å². The number of likely N-dealkylation sites (tertiary alicyclic amines) is 1. The Hall–Kier alpha value is -2.74. The lowest BCUT2D eigenvalue weighted by atomic mass is 9.93. The van der Waals surface area contributed by atoms with Crippen molar-refractivity contribution < 1.29 is 19.3 Å². The molecule has 0 amide bonds. The molecule has 0 bridgehead atoms. The summed E-state index contributed by atoms with van der Waals surface area (Å²) in [6.07, 6.45) is 6.17. The van der Waals surface area contributed by atoms with Gasteiger partial charge in [-0.3, -0.25) is 9.58 Å². The zero-order valence-corrected chi connectivity index (χ0v) is 21.2. The zero-order chi connectivity index (χ0) is 24.7. The van der Waals surface area contributed by atoms with E-state index in [0.717, 1.165) is 42.8 Å². The van der Waals surface area contributed by atoms with Gasteiger partial charge < -0.3 is 19.3 Å². The van der Waals surface area contributed by atoms with E-state index in [9.17, 15) is 5.11 Å². The maximum atomic E-state index is 11.2. The van der Waals surface area contributed by atoms with Crippen LogP contribution in [-0.4, -0.2) is 58.8 Å². The van der Waals surface area contributed by atoms with Crippen LogP contribution in [0.15, 0.2) is 54.9 Å². The molecule has 0 radical (unpaired) electrons. The van der Waals surface area contributed by atoms with Gasteiger partial charge in [0.1, 0.15) is 18.0 Å². The smallest absolute Gasteiger partial charge is 0.161 e. The fourth-order valence-electron chi connectivity index (χ4n) is 4.42. The first kappa shape index (κ1) is 25.4. The Labute approximate surface area is 212 Å². The minimum absolute atomic E-state index is 0.210. The lowest BCUT2D eigenvalue weighted by molar-refractivity contribution is -0.0621. The summed E-state index contributed by atoms with van der Waals surface area (Å²) in [5.74, 6) is 2.06. The average molecular weight is 500 g/mol. The molecule has 1 aromatic heterocycles. The summed E-state index contributed by atoms with van der Waals surface area (Å²) in [5, 5.41) is 16.0. The average Bonchev–Trinajstić information content (AvgIpc) is 3.37. The highest BCUT2D eigenvalue weighted by Crippen LogP contribution is 2.31. The molecule has 1 saturated heterocycles. The number of benzene rings is 2. The van der Waals surface area contributed by atoms with Gasteiger partial charge in [0, 0.05) is 38.4 Å². The fourth-order valence-corrected chi connectivity index (χ4v) is 4.59. The van der Waals surface area contributed by atoms with Gasteiger partial charge in [0.05, 0.1) is 18.7 Å². The molecule has 8 heteroatoms.